The predicted octanol–water partition coefficient (Wildman–Crippen LogP) is 4.34. The normalized spacial score (nSPS) is 12.2. The van der Waals surface area contributed by atoms with Crippen molar-refractivity contribution in [1.82, 2.24) is 0 Å². The molecule has 0 saturated heterocycles. The molecule has 2 aromatic carbocycles. The smallest absolute Gasteiger partial charge is 0.0367 e. The lowest BCUT2D eigenvalue weighted by atomic mass is 9.96. The van der Waals surface area contributed by atoms with Crippen LogP contribution in [0, 0.1) is 5.92 Å². The van der Waals surface area contributed by atoms with Gasteiger partial charge in [0.1, 0.15) is 0 Å². The van der Waals surface area contributed by atoms with Gasteiger partial charge in [0, 0.05) is 19.8 Å². The lowest BCUT2D eigenvalue weighted by Gasteiger charge is -2.14. The van der Waals surface area contributed by atoms with Crippen LogP contribution in [0.2, 0.25) is 0 Å². The number of anilines is 1. The second kappa shape index (κ2) is 8.00. The molecule has 0 bridgehead atoms. The number of nitrogens with zero attached hydrogens (tertiary/aromatic N) is 1. The first-order chi connectivity index (χ1) is 10.6. The molecule has 0 saturated carbocycles. The SMILES string of the molecule is CC(CCN)CCc1cccc(-c2cccc(N(C)C)c2)c1. The second-order valence-corrected chi connectivity index (χ2v) is 6.37. The molecule has 0 heterocycles. The van der Waals surface area contributed by atoms with Crippen LogP contribution in [0.5, 0.6) is 0 Å². The second-order valence-electron chi connectivity index (χ2n) is 6.37. The Bertz CT molecular complexity index is 590. The van der Waals surface area contributed by atoms with Gasteiger partial charge in [0.25, 0.3) is 0 Å². The summed E-state index contributed by atoms with van der Waals surface area (Å²) in [7, 11) is 4.16. The molecule has 0 fully saturated rings. The number of nitrogens with two attached hydrogens (primary N) is 1. The number of hydrogen-bond acceptors (Lipinski definition) is 2. The van der Waals surface area contributed by atoms with Gasteiger partial charge in [0.15, 0.2) is 0 Å². The van der Waals surface area contributed by atoms with E-state index >= 15 is 0 Å². The Morgan fingerprint density at radius 2 is 1.64 bits per heavy atom. The average Bonchev–Trinajstić information content (AvgIpc) is 2.53. The highest BCUT2D eigenvalue weighted by molar-refractivity contribution is 5.68. The van der Waals surface area contributed by atoms with Gasteiger partial charge in [-0.1, -0.05) is 43.3 Å². The van der Waals surface area contributed by atoms with E-state index in [1.165, 1.54) is 28.8 Å². The molecule has 2 N–H and O–H groups in total. The molecule has 0 amide bonds. The van der Waals surface area contributed by atoms with Crippen molar-refractivity contribution >= 4 is 5.69 Å². The van der Waals surface area contributed by atoms with Crippen molar-refractivity contribution in [3.63, 3.8) is 0 Å². The van der Waals surface area contributed by atoms with E-state index in [1.807, 2.05) is 0 Å². The summed E-state index contributed by atoms with van der Waals surface area (Å²) in [6.45, 7) is 3.08. The molecular formula is C20H28N2. The highest BCUT2D eigenvalue weighted by Gasteiger charge is 2.04. The van der Waals surface area contributed by atoms with Crippen molar-refractivity contribution < 1.29 is 0 Å². The molecule has 2 aromatic rings. The van der Waals surface area contributed by atoms with Crippen molar-refractivity contribution in [3.05, 3.63) is 54.1 Å². The number of benzene rings is 2. The zero-order valence-corrected chi connectivity index (χ0v) is 14.0. The zero-order chi connectivity index (χ0) is 15.9. The zero-order valence-electron chi connectivity index (χ0n) is 14.0. The van der Waals surface area contributed by atoms with E-state index in [9.17, 15) is 0 Å². The molecule has 0 aromatic heterocycles. The van der Waals surface area contributed by atoms with Crippen LogP contribution in [0.4, 0.5) is 5.69 Å². The molecule has 1 unspecified atom stereocenters. The minimum atomic E-state index is 0.700. The van der Waals surface area contributed by atoms with E-state index in [4.69, 9.17) is 5.73 Å². The largest absolute Gasteiger partial charge is 0.378 e. The fourth-order valence-corrected chi connectivity index (χ4v) is 2.71. The molecule has 22 heavy (non-hydrogen) atoms. The maximum atomic E-state index is 5.63. The van der Waals surface area contributed by atoms with Crippen molar-refractivity contribution in [1.29, 1.82) is 0 Å². The van der Waals surface area contributed by atoms with Gasteiger partial charge in [-0.05, 0) is 60.5 Å². The Morgan fingerprint density at radius 3 is 2.32 bits per heavy atom. The Balaban J connectivity index is 2.12. The molecule has 2 nitrogen and oxygen atoms in total. The molecule has 2 rings (SSSR count). The molecule has 0 radical (unpaired) electrons. The van der Waals surface area contributed by atoms with E-state index < -0.39 is 0 Å². The van der Waals surface area contributed by atoms with E-state index in [2.05, 4.69) is 74.4 Å². The summed E-state index contributed by atoms with van der Waals surface area (Å²) in [5.74, 6) is 0.700. The highest BCUT2D eigenvalue weighted by atomic mass is 15.1. The third kappa shape index (κ3) is 4.60. The average molecular weight is 296 g/mol. The molecule has 0 spiro atoms. The molecule has 2 heteroatoms. The fourth-order valence-electron chi connectivity index (χ4n) is 2.71. The first kappa shape index (κ1) is 16.6. The molecule has 0 aliphatic carbocycles. The Labute approximate surface area is 135 Å². The van der Waals surface area contributed by atoms with Crippen molar-refractivity contribution in [2.45, 2.75) is 26.2 Å². The summed E-state index contributed by atoms with van der Waals surface area (Å²) in [5.41, 5.74) is 10.9. The molecular weight excluding hydrogens is 268 g/mol. The summed E-state index contributed by atoms with van der Waals surface area (Å²) in [6.07, 6.45) is 3.45. The predicted molar refractivity (Wildman–Crippen MR) is 97.4 cm³/mol. The molecule has 1 atom stereocenters. The lowest BCUT2D eigenvalue weighted by Crippen LogP contribution is -2.08. The monoisotopic (exact) mass is 296 g/mol. The van der Waals surface area contributed by atoms with E-state index in [1.54, 1.807) is 0 Å². The van der Waals surface area contributed by atoms with E-state index in [-0.39, 0.29) is 0 Å². The maximum Gasteiger partial charge on any atom is 0.0367 e. The van der Waals surface area contributed by atoms with E-state index in [0.29, 0.717) is 5.92 Å². The Kier molecular flexibility index (Phi) is 6.02. The van der Waals surface area contributed by atoms with E-state index in [0.717, 1.165) is 19.4 Å². The van der Waals surface area contributed by atoms with Crippen LogP contribution in [0.15, 0.2) is 48.5 Å². The summed E-state index contributed by atoms with van der Waals surface area (Å²) in [5, 5.41) is 0. The van der Waals surface area contributed by atoms with Crippen LogP contribution in [0.1, 0.15) is 25.3 Å². The number of hydrogen-bond donors (Lipinski definition) is 1. The lowest BCUT2D eigenvalue weighted by molar-refractivity contribution is 0.500. The number of aryl methyl sites for hydroxylation is 1. The van der Waals surface area contributed by atoms with Gasteiger partial charge in [-0.2, -0.15) is 0 Å². The van der Waals surface area contributed by atoms with Crippen LogP contribution >= 0.6 is 0 Å². The minimum absolute atomic E-state index is 0.700. The van der Waals surface area contributed by atoms with Crippen LogP contribution < -0.4 is 10.6 Å². The summed E-state index contributed by atoms with van der Waals surface area (Å²) < 4.78 is 0. The quantitative estimate of drug-likeness (QED) is 0.823. The fraction of sp³-hybridized carbons (Fsp3) is 0.400. The molecule has 0 aliphatic rings. The van der Waals surface area contributed by atoms with Crippen LogP contribution in [0.3, 0.4) is 0 Å². The molecule has 0 aliphatic heterocycles. The maximum absolute atomic E-state index is 5.63. The van der Waals surface area contributed by atoms with Gasteiger partial charge < -0.3 is 10.6 Å². The minimum Gasteiger partial charge on any atom is -0.378 e. The van der Waals surface area contributed by atoms with Gasteiger partial charge >= 0.3 is 0 Å². The van der Waals surface area contributed by atoms with Crippen LogP contribution in [-0.4, -0.2) is 20.6 Å². The van der Waals surface area contributed by atoms with Crippen LogP contribution in [0.25, 0.3) is 11.1 Å². The van der Waals surface area contributed by atoms with Crippen LogP contribution in [-0.2, 0) is 6.42 Å². The summed E-state index contributed by atoms with van der Waals surface area (Å²) >= 11 is 0. The van der Waals surface area contributed by atoms with Gasteiger partial charge in [0.05, 0.1) is 0 Å². The summed E-state index contributed by atoms with van der Waals surface area (Å²) in [4.78, 5) is 2.14. The third-order valence-corrected chi connectivity index (χ3v) is 4.21. The Hall–Kier alpha value is -1.80. The first-order valence-electron chi connectivity index (χ1n) is 8.17. The van der Waals surface area contributed by atoms with Gasteiger partial charge in [-0.3, -0.25) is 0 Å². The standard InChI is InChI=1S/C20H28N2/c1-16(12-13-21)10-11-17-6-4-7-18(14-17)19-8-5-9-20(15-19)22(2)3/h4-9,14-16H,10-13,21H2,1-3H3. The Morgan fingerprint density at radius 1 is 0.955 bits per heavy atom. The van der Waals surface area contributed by atoms with Gasteiger partial charge in [0.2, 0.25) is 0 Å². The van der Waals surface area contributed by atoms with Crippen molar-refractivity contribution in [2.75, 3.05) is 25.5 Å². The molecule has 118 valence electrons. The first-order valence-corrected chi connectivity index (χ1v) is 8.17. The highest BCUT2D eigenvalue weighted by Crippen LogP contribution is 2.25. The third-order valence-electron chi connectivity index (χ3n) is 4.21. The van der Waals surface area contributed by atoms with Crippen molar-refractivity contribution in [3.8, 4) is 11.1 Å². The van der Waals surface area contributed by atoms with Gasteiger partial charge in [-0.25, -0.2) is 0 Å². The number of rotatable bonds is 7. The van der Waals surface area contributed by atoms with Crippen molar-refractivity contribution in [2.24, 2.45) is 11.7 Å². The topological polar surface area (TPSA) is 29.3 Å². The van der Waals surface area contributed by atoms with Gasteiger partial charge in [-0.15, -0.1) is 0 Å². The summed E-state index contributed by atoms with van der Waals surface area (Å²) in [6, 6.07) is 17.6.